The van der Waals surface area contributed by atoms with Gasteiger partial charge >= 0.3 is 0 Å². The summed E-state index contributed by atoms with van der Waals surface area (Å²) in [6, 6.07) is 0. The third-order valence-electron chi connectivity index (χ3n) is 6.00. The molecule has 1 atom stereocenters. The van der Waals surface area contributed by atoms with Gasteiger partial charge in [0.25, 0.3) is 0 Å². The van der Waals surface area contributed by atoms with Crippen LogP contribution in [-0.2, 0) is 0 Å². The summed E-state index contributed by atoms with van der Waals surface area (Å²) in [6.07, 6.45) is 31.7. The van der Waals surface area contributed by atoms with Crippen molar-refractivity contribution in [2.24, 2.45) is 5.92 Å². The third kappa shape index (κ3) is 22.0. The zero-order chi connectivity index (χ0) is 19.1. The van der Waals surface area contributed by atoms with Crippen LogP contribution >= 0.6 is 0 Å². The third-order valence-corrected chi connectivity index (χ3v) is 6.00. The van der Waals surface area contributed by atoms with Gasteiger partial charge in [0.05, 0.1) is 0 Å². The lowest BCUT2D eigenvalue weighted by molar-refractivity contribution is 0.430. The zero-order valence-corrected chi connectivity index (χ0v) is 18.8. The van der Waals surface area contributed by atoms with Crippen LogP contribution in [0.5, 0.6) is 0 Å². The molecule has 0 nitrogen and oxygen atoms in total. The van der Waals surface area contributed by atoms with Gasteiger partial charge in [0.2, 0.25) is 0 Å². The van der Waals surface area contributed by atoms with Crippen LogP contribution in [0.4, 0.5) is 0 Å². The van der Waals surface area contributed by atoms with E-state index in [0.717, 1.165) is 12.3 Å². The van der Waals surface area contributed by atoms with E-state index in [9.17, 15) is 0 Å². The molecule has 0 aliphatic heterocycles. The first-order valence-corrected chi connectivity index (χ1v) is 12.6. The van der Waals surface area contributed by atoms with Crippen LogP contribution in [0.3, 0.4) is 0 Å². The summed E-state index contributed by atoms with van der Waals surface area (Å²) in [7, 11) is 0. The number of rotatable bonds is 22. The van der Waals surface area contributed by atoms with Gasteiger partial charge in [-0.15, -0.1) is 0 Å². The fourth-order valence-electron chi connectivity index (χ4n) is 4.03. The Morgan fingerprint density at radius 3 is 1.12 bits per heavy atom. The SMILES string of the molecule is [CH2]CCCCCCCCCCCC(C)CCCCCCCCCCCC. The monoisotopic (exact) mass is 365 g/mol. The van der Waals surface area contributed by atoms with E-state index in [1.165, 1.54) is 135 Å². The van der Waals surface area contributed by atoms with E-state index in [4.69, 9.17) is 0 Å². The Labute approximate surface area is 168 Å². The Hall–Kier alpha value is 0. The summed E-state index contributed by atoms with van der Waals surface area (Å²) in [5.41, 5.74) is 0. The van der Waals surface area contributed by atoms with Crippen LogP contribution in [0.1, 0.15) is 155 Å². The maximum atomic E-state index is 3.91. The lowest BCUT2D eigenvalue weighted by Crippen LogP contribution is -1.95. The second-order valence-corrected chi connectivity index (χ2v) is 8.90. The molecule has 0 rings (SSSR count). The summed E-state index contributed by atoms with van der Waals surface area (Å²) in [6.45, 7) is 8.70. The molecule has 0 heterocycles. The average Bonchev–Trinajstić information content (AvgIpc) is 2.64. The predicted molar refractivity (Wildman–Crippen MR) is 122 cm³/mol. The highest BCUT2D eigenvalue weighted by molar-refractivity contribution is 4.56. The van der Waals surface area contributed by atoms with E-state index < -0.39 is 0 Å². The number of unbranched alkanes of at least 4 members (excludes halogenated alkanes) is 18. The molecule has 0 aromatic rings. The number of hydrogen-bond donors (Lipinski definition) is 0. The molecule has 1 unspecified atom stereocenters. The maximum Gasteiger partial charge on any atom is -0.0443 e. The van der Waals surface area contributed by atoms with E-state index in [0.29, 0.717) is 0 Å². The van der Waals surface area contributed by atoms with E-state index in [2.05, 4.69) is 20.8 Å². The maximum absolute atomic E-state index is 3.91. The Morgan fingerprint density at radius 2 is 0.769 bits per heavy atom. The van der Waals surface area contributed by atoms with Crippen LogP contribution in [0.15, 0.2) is 0 Å². The topological polar surface area (TPSA) is 0 Å². The van der Waals surface area contributed by atoms with Gasteiger partial charge in [-0.05, 0) is 5.92 Å². The normalized spacial score (nSPS) is 11.5. The fourth-order valence-corrected chi connectivity index (χ4v) is 4.03. The molecule has 26 heavy (non-hydrogen) atoms. The lowest BCUT2D eigenvalue weighted by atomic mass is 9.95. The van der Waals surface area contributed by atoms with E-state index in [1.807, 2.05) is 0 Å². The molecule has 0 saturated carbocycles. The Bertz CT molecular complexity index is 208. The summed E-state index contributed by atoms with van der Waals surface area (Å²) >= 11 is 0. The quantitative estimate of drug-likeness (QED) is 0.167. The van der Waals surface area contributed by atoms with Gasteiger partial charge in [0, 0.05) is 0 Å². The highest BCUT2D eigenvalue weighted by Crippen LogP contribution is 2.19. The molecule has 0 N–H and O–H groups in total. The zero-order valence-electron chi connectivity index (χ0n) is 18.8. The lowest BCUT2D eigenvalue weighted by Gasteiger charge is -2.11. The highest BCUT2D eigenvalue weighted by Gasteiger charge is 2.02. The smallest absolute Gasteiger partial charge is 0.0443 e. The number of hydrogen-bond acceptors (Lipinski definition) is 0. The molecule has 0 aliphatic rings. The largest absolute Gasteiger partial charge is 0.0654 e. The Morgan fingerprint density at radius 1 is 0.462 bits per heavy atom. The van der Waals surface area contributed by atoms with Crippen molar-refractivity contribution < 1.29 is 0 Å². The van der Waals surface area contributed by atoms with Crippen LogP contribution in [0, 0.1) is 12.8 Å². The molecule has 157 valence electrons. The molecule has 0 spiro atoms. The second-order valence-electron chi connectivity index (χ2n) is 8.90. The Balaban J connectivity index is 3.12. The minimum atomic E-state index is 0.965. The average molecular weight is 366 g/mol. The van der Waals surface area contributed by atoms with Crippen molar-refractivity contribution in [3.05, 3.63) is 6.92 Å². The second kappa shape index (κ2) is 23.0. The van der Waals surface area contributed by atoms with Gasteiger partial charge in [-0.2, -0.15) is 0 Å². The summed E-state index contributed by atoms with van der Waals surface area (Å²) in [4.78, 5) is 0. The van der Waals surface area contributed by atoms with Crippen molar-refractivity contribution in [2.75, 3.05) is 0 Å². The molecule has 0 heteroatoms. The van der Waals surface area contributed by atoms with Crippen molar-refractivity contribution in [1.82, 2.24) is 0 Å². The van der Waals surface area contributed by atoms with Gasteiger partial charge in [-0.1, -0.05) is 162 Å². The minimum Gasteiger partial charge on any atom is -0.0654 e. The first-order valence-electron chi connectivity index (χ1n) is 12.6. The van der Waals surface area contributed by atoms with Crippen LogP contribution < -0.4 is 0 Å². The summed E-state index contributed by atoms with van der Waals surface area (Å²) in [5.74, 6) is 0.965. The van der Waals surface area contributed by atoms with Gasteiger partial charge < -0.3 is 0 Å². The highest BCUT2D eigenvalue weighted by atomic mass is 14.1. The van der Waals surface area contributed by atoms with Crippen molar-refractivity contribution in [3.63, 3.8) is 0 Å². The standard InChI is InChI=1S/C26H53/c1-4-6-8-10-12-14-16-18-20-22-24-26(3)25-23-21-19-17-15-13-11-9-7-5-2/h26H,1,4-25H2,2-3H3. The molecule has 0 aromatic carbocycles. The molecule has 0 aliphatic carbocycles. The van der Waals surface area contributed by atoms with Crippen molar-refractivity contribution >= 4 is 0 Å². The van der Waals surface area contributed by atoms with Crippen molar-refractivity contribution in [3.8, 4) is 0 Å². The Kier molecular flexibility index (Phi) is 23.0. The summed E-state index contributed by atoms with van der Waals surface area (Å²) < 4.78 is 0. The molecule has 0 aromatic heterocycles. The molecule has 0 fully saturated rings. The van der Waals surface area contributed by atoms with Crippen LogP contribution in [-0.4, -0.2) is 0 Å². The fraction of sp³-hybridized carbons (Fsp3) is 0.962. The van der Waals surface area contributed by atoms with Crippen LogP contribution in [0.2, 0.25) is 0 Å². The molecular formula is C26H53. The minimum absolute atomic E-state index is 0.965. The van der Waals surface area contributed by atoms with E-state index >= 15 is 0 Å². The van der Waals surface area contributed by atoms with Crippen molar-refractivity contribution in [2.45, 2.75) is 155 Å². The predicted octanol–water partition coefficient (Wildman–Crippen LogP) is 10.1. The van der Waals surface area contributed by atoms with Gasteiger partial charge in [-0.25, -0.2) is 0 Å². The van der Waals surface area contributed by atoms with E-state index in [-0.39, 0.29) is 0 Å². The molecule has 0 bridgehead atoms. The van der Waals surface area contributed by atoms with Crippen molar-refractivity contribution in [1.29, 1.82) is 0 Å². The molecule has 1 radical (unpaired) electrons. The first-order chi connectivity index (χ1) is 12.8. The summed E-state index contributed by atoms with van der Waals surface area (Å²) in [5, 5.41) is 0. The molecule has 0 saturated heterocycles. The van der Waals surface area contributed by atoms with Gasteiger partial charge in [0.15, 0.2) is 0 Å². The molecule has 0 amide bonds. The van der Waals surface area contributed by atoms with Crippen LogP contribution in [0.25, 0.3) is 0 Å². The molecular weight excluding hydrogens is 312 g/mol. The van der Waals surface area contributed by atoms with Gasteiger partial charge in [0.1, 0.15) is 0 Å². The van der Waals surface area contributed by atoms with Gasteiger partial charge in [-0.3, -0.25) is 0 Å². The van der Waals surface area contributed by atoms with E-state index in [1.54, 1.807) is 0 Å². The first kappa shape index (κ1) is 26.0.